The van der Waals surface area contributed by atoms with Gasteiger partial charge in [-0.3, -0.25) is 9.59 Å². The zero-order valence-electron chi connectivity index (χ0n) is 15.5. The fraction of sp³-hybridized carbons (Fsp3) is 0.250. The van der Waals surface area contributed by atoms with Crippen molar-refractivity contribution >= 4 is 46.9 Å². The van der Waals surface area contributed by atoms with Crippen LogP contribution in [0.3, 0.4) is 0 Å². The molecule has 8 heteroatoms. The van der Waals surface area contributed by atoms with E-state index in [9.17, 15) is 9.59 Å². The average molecular weight is 422 g/mol. The van der Waals surface area contributed by atoms with Crippen LogP contribution in [0.25, 0.3) is 0 Å². The number of hydrogen-bond acceptors (Lipinski definition) is 4. The molecule has 6 nitrogen and oxygen atoms in total. The normalized spacial score (nSPS) is 10.9. The first-order valence-corrected chi connectivity index (χ1v) is 9.42. The molecule has 0 aliphatic rings. The van der Waals surface area contributed by atoms with Crippen LogP contribution in [0.15, 0.2) is 47.6 Å². The second-order valence-electron chi connectivity index (χ2n) is 6.20. The molecule has 0 saturated heterocycles. The van der Waals surface area contributed by atoms with Crippen LogP contribution >= 0.6 is 23.2 Å². The Kier molecular flexibility index (Phi) is 8.29. The number of amides is 2. The van der Waals surface area contributed by atoms with E-state index in [1.807, 2.05) is 13.8 Å². The van der Waals surface area contributed by atoms with Crippen molar-refractivity contribution in [3.63, 3.8) is 0 Å². The van der Waals surface area contributed by atoms with Crippen molar-refractivity contribution in [1.29, 1.82) is 0 Å². The van der Waals surface area contributed by atoms with Crippen LogP contribution in [-0.4, -0.2) is 24.1 Å². The number of halogens is 2. The molecule has 0 aromatic heterocycles. The number of ether oxygens (including phenoxy) is 1. The number of hydrazone groups is 1. The lowest BCUT2D eigenvalue weighted by molar-refractivity contribution is -0.124. The lowest BCUT2D eigenvalue weighted by atomic mass is 10.2. The molecule has 28 heavy (non-hydrogen) atoms. The highest BCUT2D eigenvalue weighted by Gasteiger charge is 2.08. The summed E-state index contributed by atoms with van der Waals surface area (Å²) < 4.78 is 5.68. The van der Waals surface area contributed by atoms with Crippen LogP contribution < -0.4 is 15.5 Å². The number of carbonyl (C=O) groups is 2. The molecule has 0 heterocycles. The molecule has 2 N–H and O–H groups in total. The van der Waals surface area contributed by atoms with Crippen molar-refractivity contribution < 1.29 is 14.3 Å². The standard InChI is InChI=1S/C20H21Cl2N3O3/c1-13(2)28-18-7-6-16(22)10-14(18)12-23-25-20(27)9-8-19(26)24-17-5-3-4-15(21)11-17/h3-7,10-13H,8-9H2,1-2H3,(H,24,26)(H,25,27). The maximum Gasteiger partial charge on any atom is 0.240 e. The molecule has 0 saturated carbocycles. The summed E-state index contributed by atoms with van der Waals surface area (Å²) >= 11 is 11.9. The number of nitrogens with one attached hydrogen (secondary N) is 2. The average Bonchev–Trinajstić information content (AvgIpc) is 2.62. The summed E-state index contributed by atoms with van der Waals surface area (Å²) in [5.41, 5.74) is 3.61. The van der Waals surface area contributed by atoms with Gasteiger partial charge in [-0.1, -0.05) is 29.3 Å². The monoisotopic (exact) mass is 421 g/mol. The summed E-state index contributed by atoms with van der Waals surface area (Å²) in [7, 11) is 0. The molecule has 2 aromatic rings. The molecule has 0 radical (unpaired) electrons. The van der Waals surface area contributed by atoms with Gasteiger partial charge in [-0.2, -0.15) is 5.10 Å². The molecule has 0 bridgehead atoms. The van der Waals surface area contributed by atoms with E-state index in [1.165, 1.54) is 6.21 Å². The lowest BCUT2D eigenvalue weighted by Gasteiger charge is -2.12. The van der Waals surface area contributed by atoms with Gasteiger partial charge in [0.2, 0.25) is 11.8 Å². The highest BCUT2D eigenvalue weighted by atomic mass is 35.5. The second kappa shape index (κ2) is 10.7. The Balaban J connectivity index is 1.83. The van der Waals surface area contributed by atoms with E-state index in [0.29, 0.717) is 27.0 Å². The van der Waals surface area contributed by atoms with E-state index in [0.717, 1.165) is 0 Å². The maximum absolute atomic E-state index is 11.9. The van der Waals surface area contributed by atoms with E-state index in [4.69, 9.17) is 27.9 Å². The van der Waals surface area contributed by atoms with Gasteiger partial charge in [0.05, 0.1) is 12.3 Å². The third-order valence-electron chi connectivity index (χ3n) is 3.41. The van der Waals surface area contributed by atoms with Crippen LogP contribution in [0.1, 0.15) is 32.3 Å². The minimum absolute atomic E-state index is 0.00532. The summed E-state index contributed by atoms with van der Waals surface area (Å²) in [6, 6.07) is 11.9. The third kappa shape index (κ3) is 7.58. The van der Waals surface area contributed by atoms with E-state index < -0.39 is 0 Å². The van der Waals surface area contributed by atoms with Crippen molar-refractivity contribution in [2.45, 2.75) is 32.8 Å². The number of carbonyl (C=O) groups excluding carboxylic acids is 2. The van der Waals surface area contributed by atoms with Gasteiger partial charge in [-0.25, -0.2) is 5.43 Å². The summed E-state index contributed by atoms with van der Waals surface area (Å²) in [6.45, 7) is 3.82. The van der Waals surface area contributed by atoms with Crippen molar-refractivity contribution in [3.8, 4) is 5.75 Å². The molecule has 0 aliphatic carbocycles. The molecule has 2 aromatic carbocycles. The van der Waals surface area contributed by atoms with Gasteiger partial charge < -0.3 is 10.1 Å². The molecular weight excluding hydrogens is 401 g/mol. The minimum Gasteiger partial charge on any atom is -0.490 e. The van der Waals surface area contributed by atoms with Gasteiger partial charge in [0.1, 0.15) is 5.75 Å². The van der Waals surface area contributed by atoms with E-state index >= 15 is 0 Å². The zero-order chi connectivity index (χ0) is 20.5. The van der Waals surface area contributed by atoms with Gasteiger partial charge >= 0.3 is 0 Å². The third-order valence-corrected chi connectivity index (χ3v) is 3.89. The van der Waals surface area contributed by atoms with Gasteiger partial charge in [0, 0.05) is 34.1 Å². The highest BCUT2D eigenvalue weighted by molar-refractivity contribution is 6.31. The molecule has 2 rings (SSSR count). The molecule has 148 valence electrons. The van der Waals surface area contributed by atoms with Crippen LogP contribution in [0.4, 0.5) is 5.69 Å². The van der Waals surface area contributed by atoms with E-state index in [-0.39, 0.29) is 30.8 Å². The number of benzene rings is 2. The predicted octanol–water partition coefficient (Wildman–Crippen LogP) is 4.65. The Morgan fingerprint density at radius 2 is 1.79 bits per heavy atom. The van der Waals surface area contributed by atoms with Crippen LogP contribution in [0.5, 0.6) is 5.75 Å². The largest absolute Gasteiger partial charge is 0.490 e. The number of rotatable bonds is 8. The fourth-order valence-corrected chi connectivity index (χ4v) is 2.60. The Morgan fingerprint density at radius 1 is 1.07 bits per heavy atom. The predicted molar refractivity (Wildman–Crippen MR) is 112 cm³/mol. The Morgan fingerprint density at radius 3 is 2.50 bits per heavy atom. The van der Waals surface area contributed by atoms with E-state index in [2.05, 4.69) is 15.8 Å². The van der Waals surface area contributed by atoms with Crippen molar-refractivity contribution in [3.05, 3.63) is 58.1 Å². The molecule has 0 unspecified atom stereocenters. The summed E-state index contributed by atoms with van der Waals surface area (Å²) in [4.78, 5) is 23.8. The quantitative estimate of drug-likeness (QED) is 0.480. The molecular formula is C20H21Cl2N3O3. The lowest BCUT2D eigenvalue weighted by Crippen LogP contribution is -2.20. The number of nitrogens with zero attached hydrogens (tertiary/aromatic N) is 1. The molecule has 0 aliphatic heterocycles. The highest BCUT2D eigenvalue weighted by Crippen LogP contribution is 2.22. The fourth-order valence-electron chi connectivity index (χ4n) is 2.23. The molecule has 0 fully saturated rings. The first-order valence-electron chi connectivity index (χ1n) is 8.67. The number of anilines is 1. The van der Waals surface area contributed by atoms with Crippen molar-refractivity contribution in [1.82, 2.24) is 5.43 Å². The summed E-state index contributed by atoms with van der Waals surface area (Å²) in [6.07, 6.45) is 1.45. The van der Waals surface area contributed by atoms with Crippen molar-refractivity contribution in [2.24, 2.45) is 5.10 Å². The van der Waals surface area contributed by atoms with Gasteiger partial charge in [-0.05, 0) is 50.2 Å². The first kappa shape index (κ1) is 21.7. The molecule has 0 spiro atoms. The van der Waals surface area contributed by atoms with Crippen molar-refractivity contribution in [2.75, 3.05) is 5.32 Å². The van der Waals surface area contributed by atoms with Crippen LogP contribution in [0, 0.1) is 0 Å². The first-order chi connectivity index (χ1) is 13.3. The topological polar surface area (TPSA) is 79.8 Å². The van der Waals surface area contributed by atoms with E-state index in [1.54, 1.807) is 42.5 Å². The van der Waals surface area contributed by atoms with Crippen LogP contribution in [0.2, 0.25) is 10.0 Å². The Bertz CT molecular complexity index is 870. The second-order valence-corrected chi connectivity index (χ2v) is 7.07. The minimum atomic E-state index is -0.383. The van der Waals surface area contributed by atoms with Gasteiger partial charge in [0.15, 0.2) is 0 Å². The molecule has 2 amide bonds. The van der Waals surface area contributed by atoms with Gasteiger partial charge in [0.25, 0.3) is 0 Å². The Hall–Kier alpha value is -2.57. The zero-order valence-corrected chi connectivity index (χ0v) is 17.1. The number of hydrogen-bond donors (Lipinski definition) is 2. The summed E-state index contributed by atoms with van der Waals surface area (Å²) in [5, 5.41) is 7.64. The summed E-state index contributed by atoms with van der Waals surface area (Å²) in [5.74, 6) is -0.0620. The smallest absolute Gasteiger partial charge is 0.240 e. The van der Waals surface area contributed by atoms with Crippen LogP contribution in [-0.2, 0) is 9.59 Å². The Labute approximate surface area is 173 Å². The maximum atomic E-state index is 11.9. The SMILES string of the molecule is CC(C)Oc1ccc(Cl)cc1C=NNC(=O)CCC(=O)Nc1cccc(Cl)c1. The molecule has 0 atom stereocenters. The van der Waals surface area contributed by atoms with Gasteiger partial charge in [-0.15, -0.1) is 0 Å².